The van der Waals surface area contributed by atoms with Crippen LogP contribution in [0, 0.1) is 23.2 Å². The van der Waals surface area contributed by atoms with E-state index in [9.17, 15) is 4.79 Å². The molecule has 0 aromatic carbocycles. The van der Waals surface area contributed by atoms with Crippen LogP contribution in [-0.2, 0) is 9.53 Å². The van der Waals surface area contributed by atoms with Crippen LogP contribution in [0.15, 0.2) is 0 Å². The van der Waals surface area contributed by atoms with Gasteiger partial charge in [-0.25, -0.2) is 0 Å². The highest BCUT2D eigenvalue weighted by Crippen LogP contribution is 2.60. The van der Waals surface area contributed by atoms with Gasteiger partial charge >= 0.3 is 0 Å². The number of methoxy groups -OCH3 is 1. The molecule has 22 heavy (non-hydrogen) atoms. The molecule has 0 spiro atoms. The predicted octanol–water partition coefficient (Wildman–Crippen LogP) is 2.45. The van der Waals surface area contributed by atoms with E-state index in [0.29, 0.717) is 18.4 Å². The molecule has 0 heterocycles. The zero-order valence-electron chi connectivity index (χ0n) is 13.9. The van der Waals surface area contributed by atoms with Crippen LogP contribution in [0.25, 0.3) is 0 Å². The predicted molar refractivity (Wildman–Crippen MR) is 90.0 cm³/mol. The van der Waals surface area contributed by atoms with Crippen molar-refractivity contribution in [3.63, 3.8) is 0 Å². The number of hydrogen-bond donors (Lipinski definition) is 1. The summed E-state index contributed by atoms with van der Waals surface area (Å²) in [6.07, 6.45) is 8.68. The highest BCUT2D eigenvalue weighted by atomic mass is 35.5. The zero-order chi connectivity index (χ0) is 15.0. The van der Waals surface area contributed by atoms with Crippen molar-refractivity contribution in [2.24, 2.45) is 28.9 Å². The number of nitrogens with zero attached hydrogens (tertiary/aromatic N) is 1. The van der Waals surface area contributed by atoms with Crippen molar-refractivity contribution in [1.29, 1.82) is 0 Å². The Hall–Kier alpha value is -0.320. The monoisotopic (exact) mass is 330 g/mol. The number of rotatable bonds is 6. The summed E-state index contributed by atoms with van der Waals surface area (Å²) in [5.74, 6) is 3.00. The van der Waals surface area contributed by atoms with Crippen molar-refractivity contribution >= 4 is 18.3 Å². The minimum Gasteiger partial charge on any atom is -0.380 e. The molecular formula is C17H31ClN2O2. The Morgan fingerprint density at radius 3 is 2.14 bits per heavy atom. The third kappa shape index (κ3) is 3.60. The first kappa shape index (κ1) is 18.0. The van der Waals surface area contributed by atoms with Gasteiger partial charge in [-0.1, -0.05) is 0 Å². The van der Waals surface area contributed by atoms with Gasteiger partial charge in [-0.05, 0) is 61.7 Å². The first-order chi connectivity index (χ1) is 10.0. The molecule has 4 nitrogen and oxygen atoms in total. The summed E-state index contributed by atoms with van der Waals surface area (Å²) in [5, 5.41) is 0. The van der Waals surface area contributed by atoms with Crippen LogP contribution >= 0.6 is 12.4 Å². The highest BCUT2D eigenvalue weighted by Gasteiger charge is 2.51. The van der Waals surface area contributed by atoms with Gasteiger partial charge in [0.25, 0.3) is 0 Å². The van der Waals surface area contributed by atoms with E-state index in [1.165, 1.54) is 38.5 Å². The van der Waals surface area contributed by atoms with Gasteiger partial charge < -0.3 is 15.4 Å². The van der Waals surface area contributed by atoms with E-state index >= 15 is 0 Å². The highest BCUT2D eigenvalue weighted by molar-refractivity contribution is 5.85. The van der Waals surface area contributed by atoms with E-state index in [1.807, 2.05) is 11.9 Å². The summed E-state index contributed by atoms with van der Waals surface area (Å²) >= 11 is 0. The second kappa shape index (κ2) is 7.06. The Bertz CT molecular complexity index is 363. The lowest BCUT2D eigenvalue weighted by Crippen LogP contribution is -2.51. The van der Waals surface area contributed by atoms with E-state index < -0.39 is 0 Å². The molecule has 0 saturated heterocycles. The van der Waals surface area contributed by atoms with Crippen LogP contribution in [0.3, 0.4) is 0 Å². The molecule has 128 valence electrons. The van der Waals surface area contributed by atoms with Gasteiger partial charge in [0.1, 0.15) is 0 Å². The van der Waals surface area contributed by atoms with Crippen LogP contribution in [0.4, 0.5) is 0 Å². The normalized spacial score (nSPS) is 36.8. The SMILES string of the molecule is COC(CN)CC(=O)N(C)CC12CC3CC(CC(C3)C1)C2.Cl. The molecule has 1 amide bonds. The average Bonchev–Trinajstić information content (AvgIpc) is 2.42. The fraction of sp³-hybridized carbons (Fsp3) is 0.941. The Kier molecular flexibility index (Phi) is 5.79. The molecule has 5 heteroatoms. The number of halogens is 1. The van der Waals surface area contributed by atoms with Crippen LogP contribution in [0.2, 0.25) is 0 Å². The second-order valence-electron chi connectivity index (χ2n) is 7.96. The number of hydrogen-bond acceptors (Lipinski definition) is 3. The van der Waals surface area contributed by atoms with Gasteiger partial charge in [-0.2, -0.15) is 0 Å². The third-order valence-corrected chi connectivity index (χ3v) is 6.16. The smallest absolute Gasteiger partial charge is 0.224 e. The molecular weight excluding hydrogens is 300 g/mol. The summed E-state index contributed by atoms with van der Waals surface area (Å²) < 4.78 is 5.24. The quantitative estimate of drug-likeness (QED) is 0.814. The minimum atomic E-state index is -0.142. The topological polar surface area (TPSA) is 55.6 Å². The molecule has 4 saturated carbocycles. The number of ether oxygens (including phenoxy) is 1. The average molecular weight is 331 g/mol. The molecule has 4 fully saturated rings. The van der Waals surface area contributed by atoms with Gasteiger partial charge in [0.15, 0.2) is 0 Å². The molecule has 2 N–H and O–H groups in total. The largest absolute Gasteiger partial charge is 0.380 e. The molecule has 0 radical (unpaired) electrons. The summed E-state index contributed by atoms with van der Waals surface area (Å²) in [6.45, 7) is 1.35. The zero-order valence-corrected chi connectivity index (χ0v) is 14.7. The van der Waals surface area contributed by atoms with Gasteiger partial charge in [-0.15, -0.1) is 12.4 Å². The van der Waals surface area contributed by atoms with Crippen molar-refractivity contribution < 1.29 is 9.53 Å². The van der Waals surface area contributed by atoms with Crippen LogP contribution < -0.4 is 5.73 Å². The number of carbonyl (C=O) groups is 1. The fourth-order valence-corrected chi connectivity index (χ4v) is 5.69. The number of nitrogens with two attached hydrogens (primary N) is 1. The lowest BCUT2D eigenvalue weighted by Gasteiger charge is -2.57. The van der Waals surface area contributed by atoms with Crippen molar-refractivity contribution in [2.75, 3.05) is 27.2 Å². The molecule has 1 unspecified atom stereocenters. The first-order valence-corrected chi connectivity index (χ1v) is 8.50. The maximum Gasteiger partial charge on any atom is 0.224 e. The second-order valence-corrected chi connectivity index (χ2v) is 7.96. The van der Waals surface area contributed by atoms with Crippen molar-refractivity contribution in [3.8, 4) is 0 Å². The molecule has 4 aliphatic rings. The number of carbonyl (C=O) groups excluding carboxylic acids is 1. The maximum absolute atomic E-state index is 12.4. The molecule has 4 rings (SSSR count). The van der Waals surface area contributed by atoms with E-state index in [4.69, 9.17) is 10.5 Å². The molecule has 0 aromatic rings. The van der Waals surface area contributed by atoms with E-state index in [1.54, 1.807) is 7.11 Å². The molecule has 0 aliphatic heterocycles. The van der Waals surface area contributed by atoms with Crippen LogP contribution in [0.5, 0.6) is 0 Å². The number of amides is 1. The Labute approximate surface area is 140 Å². The van der Waals surface area contributed by atoms with E-state index in [2.05, 4.69) is 0 Å². The van der Waals surface area contributed by atoms with E-state index in [0.717, 1.165) is 24.3 Å². The molecule has 0 aromatic heterocycles. The molecule has 4 bridgehead atoms. The summed E-state index contributed by atoms with van der Waals surface area (Å²) in [7, 11) is 3.59. The van der Waals surface area contributed by atoms with Crippen LogP contribution in [0.1, 0.15) is 44.9 Å². The third-order valence-electron chi connectivity index (χ3n) is 6.16. The lowest BCUT2D eigenvalue weighted by atomic mass is 9.49. The van der Waals surface area contributed by atoms with Gasteiger partial charge in [0.05, 0.1) is 12.5 Å². The summed E-state index contributed by atoms with van der Waals surface area (Å²) in [6, 6.07) is 0. The van der Waals surface area contributed by atoms with Crippen molar-refractivity contribution in [1.82, 2.24) is 4.90 Å². The molecule has 1 atom stereocenters. The Morgan fingerprint density at radius 2 is 1.73 bits per heavy atom. The minimum absolute atomic E-state index is 0. The summed E-state index contributed by atoms with van der Waals surface area (Å²) in [4.78, 5) is 14.3. The van der Waals surface area contributed by atoms with Crippen LogP contribution in [-0.4, -0.2) is 44.2 Å². The standard InChI is InChI=1S/C17H30N2O2.ClH/c1-19(16(20)6-15(10-18)21-2)11-17-7-12-3-13(8-17)5-14(4-12)9-17;/h12-15H,3-11,18H2,1-2H3;1H. The Balaban J connectivity index is 0.00000176. The molecule has 4 aliphatic carbocycles. The summed E-state index contributed by atoms with van der Waals surface area (Å²) in [5.41, 5.74) is 6.04. The van der Waals surface area contributed by atoms with Crippen molar-refractivity contribution in [3.05, 3.63) is 0 Å². The Morgan fingerprint density at radius 1 is 1.23 bits per heavy atom. The van der Waals surface area contributed by atoms with Crippen molar-refractivity contribution in [2.45, 2.75) is 51.0 Å². The van der Waals surface area contributed by atoms with Gasteiger partial charge in [0.2, 0.25) is 5.91 Å². The van der Waals surface area contributed by atoms with E-state index in [-0.39, 0.29) is 24.4 Å². The van der Waals surface area contributed by atoms with Gasteiger partial charge in [-0.3, -0.25) is 4.79 Å². The van der Waals surface area contributed by atoms with Gasteiger partial charge in [0, 0.05) is 27.2 Å². The first-order valence-electron chi connectivity index (χ1n) is 8.50. The maximum atomic E-state index is 12.4. The fourth-order valence-electron chi connectivity index (χ4n) is 5.69. The lowest BCUT2D eigenvalue weighted by molar-refractivity contribution is -0.137.